The van der Waals surface area contributed by atoms with Crippen LogP contribution in [0.5, 0.6) is 0 Å². The fourth-order valence-corrected chi connectivity index (χ4v) is 6.74. The minimum Gasteiger partial charge on any atom is -0.286 e. The van der Waals surface area contributed by atoms with Crippen LogP contribution in [0.25, 0.3) is 0 Å². The zero-order valence-corrected chi connectivity index (χ0v) is 27.1. The molecule has 7 nitrogen and oxygen atoms in total. The molecule has 0 fully saturated rings. The Bertz CT molecular complexity index is 1530. The Morgan fingerprint density at radius 1 is 1.19 bits per heavy atom. The highest BCUT2D eigenvalue weighted by Gasteiger charge is 2.41. The molecule has 1 atom stereocenters. The minimum atomic E-state index is -4.59. The van der Waals surface area contributed by atoms with Gasteiger partial charge in [-0.25, -0.2) is 4.31 Å². The molecular weight excluding hydrogens is 689 g/mol. The van der Waals surface area contributed by atoms with Crippen molar-refractivity contribution in [1.29, 1.82) is 0 Å². The lowest BCUT2D eigenvalue weighted by atomic mass is 9.78. The van der Waals surface area contributed by atoms with E-state index in [1.807, 2.05) is 13.2 Å². The highest BCUT2D eigenvalue weighted by Crippen LogP contribution is 2.40. The van der Waals surface area contributed by atoms with Crippen molar-refractivity contribution < 1.29 is 22.9 Å². The predicted molar refractivity (Wildman–Crippen MR) is 171 cm³/mol. The van der Waals surface area contributed by atoms with E-state index in [1.54, 1.807) is 59.2 Å². The average molecular weight is 716 g/mol. The first kappa shape index (κ1) is 33.2. The number of nitro benzene ring substituents is 1. The summed E-state index contributed by atoms with van der Waals surface area (Å²) in [5.74, 6) is 0.506. The Labute approximate surface area is 269 Å². The van der Waals surface area contributed by atoms with E-state index in [4.69, 9.17) is 16.7 Å². The number of carbonyl (C=O) groups is 1. The topological polar surface area (TPSA) is 79.0 Å². The van der Waals surface area contributed by atoms with E-state index < -0.39 is 27.1 Å². The molecule has 0 spiro atoms. The Kier molecular flexibility index (Phi) is 10.7. The van der Waals surface area contributed by atoms with Crippen LogP contribution in [0.4, 0.5) is 24.5 Å². The molecule has 1 amide bonds. The standard InChI is InChI=1S/C29H27BrClF3N4O3S2/c1-28(14-5-15-42-2)18-36(35-27(28)19-8-13-22(23(31)16-19)29(32,33)34)17-26(39)37(21-11-9-20(30)10-12-21)43-25-7-4-3-6-24(25)38(40)41/h3-4,6-13,16H,5,14-15,17-18H2,1-2H3. The normalized spacial score (nSPS) is 16.7. The van der Waals surface area contributed by atoms with E-state index in [9.17, 15) is 28.1 Å². The van der Waals surface area contributed by atoms with Gasteiger partial charge in [-0.3, -0.25) is 19.9 Å². The summed E-state index contributed by atoms with van der Waals surface area (Å²) >= 11 is 12.1. The minimum absolute atomic E-state index is 0.135. The first-order valence-corrected chi connectivity index (χ1v) is 16.4. The van der Waals surface area contributed by atoms with E-state index in [1.165, 1.54) is 22.5 Å². The van der Waals surface area contributed by atoms with Gasteiger partial charge in [0.25, 0.3) is 11.6 Å². The van der Waals surface area contributed by atoms with Crippen molar-refractivity contribution in [3.05, 3.63) is 97.5 Å². The summed E-state index contributed by atoms with van der Waals surface area (Å²) < 4.78 is 42.3. The number of hydrazone groups is 1. The molecule has 0 aliphatic carbocycles. The second-order valence-corrected chi connectivity index (χ2v) is 13.4. The molecule has 3 aromatic rings. The van der Waals surface area contributed by atoms with Gasteiger partial charge in [-0.1, -0.05) is 52.7 Å². The monoisotopic (exact) mass is 714 g/mol. The SMILES string of the molecule is CSCCCC1(C)CN(CC(=O)N(Sc2ccccc2[N+](=O)[O-])c2ccc(Br)cc2)N=C1c1ccc(C(F)(F)F)c(Cl)c1. The van der Waals surface area contributed by atoms with Crippen molar-refractivity contribution in [2.45, 2.75) is 30.8 Å². The number of nitrogens with zero attached hydrogens (tertiary/aromatic N) is 4. The van der Waals surface area contributed by atoms with Gasteiger partial charge < -0.3 is 0 Å². The number of para-hydroxylation sites is 1. The zero-order valence-electron chi connectivity index (χ0n) is 23.1. The van der Waals surface area contributed by atoms with Crippen LogP contribution < -0.4 is 4.31 Å². The molecule has 0 aromatic heterocycles. The molecule has 43 heavy (non-hydrogen) atoms. The first-order chi connectivity index (χ1) is 20.3. The Hall–Kier alpha value is -2.74. The van der Waals surface area contributed by atoms with Crippen LogP contribution in [-0.4, -0.2) is 46.6 Å². The summed E-state index contributed by atoms with van der Waals surface area (Å²) in [6.45, 7) is 2.17. The van der Waals surface area contributed by atoms with E-state index in [2.05, 4.69) is 15.9 Å². The van der Waals surface area contributed by atoms with Crippen molar-refractivity contribution in [3.63, 3.8) is 0 Å². The fraction of sp³-hybridized carbons (Fsp3) is 0.310. The van der Waals surface area contributed by atoms with Gasteiger partial charge in [0.05, 0.1) is 26.9 Å². The van der Waals surface area contributed by atoms with Gasteiger partial charge in [-0.15, -0.1) is 0 Å². The van der Waals surface area contributed by atoms with Gasteiger partial charge in [-0.2, -0.15) is 30.0 Å². The van der Waals surface area contributed by atoms with Gasteiger partial charge in [0.1, 0.15) is 11.4 Å². The van der Waals surface area contributed by atoms with Crippen molar-refractivity contribution in [3.8, 4) is 0 Å². The Morgan fingerprint density at radius 2 is 1.88 bits per heavy atom. The number of carbonyl (C=O) groups excluding carboxylic acids is 1. The second-order valence-electron chi connectivity index (χ2n) is 10.1. The number of hydrogen-bond acceptors (Lipinski definition) is 7. The predicted octanol–water partition coefficient (Wildman–Crippen LogP) is 8.94. The van der Waals surface area contributed by atoms with Crippen LogP contribution in [-0.2, 0) is 11.0 Å². The van der Waals surface area contributed by atoms with E-state index in [0.717, 1.165) is 34.7 Å². The van der Waals surface area contributed by atoms with Crippen LogP contribution in [0.15, 0.2) is 81.2 Å². The van der Waals surface area contributed by atoms with Gasteiger partial charge in [0.15, 0.2) is 0 Å². The van der Waals surface area contributed by atoms with Crippen LogP contribution >= 0.6 is 51.2 Å². The summed E-state index contributed by atoms with van der Waals surface area (Å²) in [6, 6.07) is 16.7. The summed E-state index contributed by atoms with van der Waals surface area (Å²) in [6.07, 6.45) is -1.06. The number of rotatable bonds is 11. The Balaban J connectivity index is 1.67. The summed E-state index contributed by atoms with van der Waals surface area (Å²) in [5.41, 5.74) is -0.101. The molecule has 0 bridgehead atoms. The first-order valence-electron chi connectivity index (χ1n) is 13.0. The highest BCUT2D eigenvalue weighted by atomic mass is 79.9. The number of hydrogen-bond donors (Lipinski definition) is 0. The van der Waals surface area contributed by atoms with Crippen LogP contribution in [0.1, 0.15) is 30.9 Å². The van der Waals surface area contributed by atoms with E-state index in [-0.39, 0.29) is 23.0 Å². The summed E-state index contributed by atoms with van der Waals surface area (Å²) in [7, 11) is 0. The molecule has 0 radical (unpaired) electrons. The third-order valence-electron chi connectivity index (χ3n) is 6.83. The largest absolute Gasteiger partial charge is 0.417 e. The maximum absolute atomic E-state index is 13.9. The lowest BCUT2D eigenvalue weighted by Gasteiger charge is -2.28. The van der Waals surface area contributed by atoms with Gasteiger partial charge in [0.2, 0.25) is 0 Å². The fourth-order valence-electron chi connectivity index (χ4n) is 4.80. The molecule has 0 N–H and O–H groups in total. The molecule has 1 unspecified atom stereocenters. The van der Waals surface area contributed by atoms with E-state index in [0.29, 0.717) is 29.9 Å². The number of thioether (sulfide) groups is 1. The lowest BCUT2D eigenvalue weighted by Crippen LogP contribution is -2.37. The molecule has 4 rings (SSSR count). The van der Waals surface area contributed by atoms with Crippen molar-refractivity contribution in [2.75, 3.05) is 29.4 Å². The maximum Gasteiger partial charge on any atom is 0.417 e. The summed E-state index contributed by atoms with van der Waals surface area (Å²) in [5, 5.41) is 17.6. The molecule has 1 heterocycles. The number of halogens is 5. The molecule has 14 heteroatoms. The molecule has 1 aliphatic rings. The Morgan fingerprint density at radius 3 is 2.51 bits per heavy atom. The molecule has 3 aromatic carbocycles. The number of anilines is 1. The second kappa shape index (κ2) is 13.9. The molecule has 228 valence electrons. The van der Waals surface area contributed by atoms with Gasteiger partial charge in [-0.05, 0) is 72.9 Å². The number of amides is 1. The highest BCUT2D eigenvalue weighted by molar-refractivity contribution is 9.10. The zero-order chi connectivity index (χ0) is 31.4. The summed E-state index contributed by atoms with van der Waals surface area (Å²) in [4.78, 5) is 25.3. The van der Waals surface area contributed by atoms with Gasteiger partial charge in [0, 0.05) is 34.4 Å². The number of benzene rings is 3. The molecule has 0 saturated heterocycles. The molecule has 0 saturated carbocycles. The third-order valence-corrected chi connectivity index (χ3v) is 9.50. The van der Waals surface area contributed by atoms with Crippen LogP contribution in [0, 0.1) is 15.5 Å². The van der Waals surface area contributed by atoms with Crippen molar-refractivity contribution in [2.24, 2.45) is 10.5 Å². The third kappa shape index (κ3) is 8.05. The van der Waals surface area contributed by atoms with Crippen LogP contribution in [0.3, 0.4) is 0 Å². The van der Waals surface area contributed by atoms with Crippen molar-refractivity contribution >= 4 is 74.2 Å². The number of nitro groups is 1. The van der Waals surface area contributed by atoms with Crippen LogP contribution in [0.2, 0.25) is 5.02 Å². The van der Waals surface area contributed by atoms with Crippen molar-refractivity contribution in [1.82, 2.24) is 5.01 Å². The van der Waals surface area contributed by atoms with Gasteiger partial charge >= 0.3 is 6.18 Å². The molecular formula is C29H27BrClF3N4O3S2. The lowest BCUT2D eigenvalue weighted by molar-refractivity contribution is -0.387. The number of alkyl halides is 3. The maximum atomic E-state index is 13.9. The quantitative estimate of drug-likeness (QED) is 0.0854. The smallest absolute Gasteiger partial charge is 0.286 e. The molecule has 1 aliphatic heterocycles. The van der Waals surface area contributed by atoms with E-state index >= 15 is 0 Å². The average Bonchev–Trinajstić information content (AvgIpc) is 3.27.